The van der Waals surface area contributed by atoms with Crippen LogP contribution in [-0.2, 0) is 6.42 Å². The summed E-state index contributed by atoms with van der Waals surface area (Å²) >= 11 is 0. The summed E-state index contributed by atoms with van der Waals surface area (Å²) in [5.74, 6) is -0.554. The number of rotatable bonds is 6. The van der Waals surface area contributed by atoms with E-state index in [0.29, 0.717) is 0 Å². The number of alkyl halides is 2. The van der Waals surface area contributed by atoms with Crippen molar-refractivity contribution >= 4 is 5.91 Å². The van der Waals surface area contributed by atoms with E-state index in [1.54, 1.807) is 19.1 Å². The van der Waals surface area contributed by atoms with Crippen molar-refractivity contribution < 1.29 is 18.7 Å². The lowest BCUT2D eigenvalue weighted by molar-refractivity contribution is -0.0253. The number of nitrogens with zero attached hydrogens (tertiary/aromatic N) is 1. The van der Waals surface area contributed by atoms with E-state index >= 15 is 0 Å². The van der Waals surface area contributed by atoms with Crippen LogP contribution in [-0.4, -0.2) is 34.6 Å². The van der Waals surface area contributed by atoms with Crippen LogP contribution >= 0.6 is 0 Å². The maximum Gasteiger partial charge on any atom is 0.270 e. The molecule has 2 N–H and O–H groups in total. The van der Waals surface area contributed by atoms with Gasteiger partial charge in [0.15, 0.2) is 0 Å². The van der Waals surface area contributed by atoms with E-state index in [-0.39, 0.29) is 12.1 Å². The summed E-state index contributed by atoms with van der Waals surface area (Å²) < 4.78 is 24.8. The van der Waals surface area contributed by atoms with Gasteiger partial charge in [0.05, 0.1) is 6.04 Å². The molecule has 106 valence electrons. The molecular weight excluding hydrogens is 254 g/mol. The largest absolute Gasteiger partial charge is 0.385 e. The Morgan fingerprint density at radius 3 is 2.68 bits per heavy atom. The van der Waals surface area contributed by atoms with Gasteiger partial charge in [0.1, 0.15) is 11.8 Å². The molecule has 1 aromatic heterocycles. The van der Waals surface area contributed by atoms with Gasteiger partial charge in [0, 0.05) is 6.20 Å². The van der Waals surface area contributed by atoms with Crippen LogP contribution in [0.2, 0.25) is 0 Å². The summed E-state index contributed by atoms with van der Waals surface area (Å²) in [7, 11) is 0. The van der Waals surface area contributed by atoms with Crippen LogP contribution in [0.1, 0.15) is 36.3 Å². The van der Waals surface area contributed by atoms with Crippen molar-refractivity contribution in [2.45, 2.75) is 45.3 Å². The summed E-state index contributed by atoms with van der Waals surface area (Å²) in [4.78, 5) is 15.8. The minimum atomic E-state index is -2.89. The van der Waals surface area contributed by atoms with Crippen molar-refractivity contribution in [3.8, 4) is 0 Å². The van der Waals surface area contributed by atoms with E-state index in [1.165, 1.54) is 6.20 Å². The van der Waals surface area contributed by atoms with Gasteiger partial charge in [-0.2, -0.15) is 0 Å². The van der Waals surface area contributed by atoms with E-state index in [4.69, 9.17) is 0 Å². The fourth-order valence-corrected chi connectivity index (χ4v) is 1.67. The Morgan fingerprint density at radius 1 is 1.47 bits per heavy atom. The zero-order valence-electron chi connectivity index (χ0n) is 10.9. The highest BCUT2D eigenvalue weighted by molar-refractivity contribution is 5.92. The van der Waals surface area contributed by atoms with Gasteiger partial charge in [-0.3, -0.25) is 9.78 Å². The van der Waals surface area contributed by atoms with Gasteiger partial charge >= 0.3 is 0 Å². The van der Waals surface area contributed by atoms with E-state index in [2.05, 4.69) is 10.3 Å². The van der Waals surface area contributed by atoms with Crippen LogP contribution in [0.5, 0.6) is 0 Å². The van der Waals surface area contributed by atoms with Crippen molar-refractivity contribution in [3.05, 3.63) is 29.6 Å². The number of aryl methyl sites for hydroxylation is 1. The summed E-state index contributed by atoms with van der Waals surface area (Å²) in [6.07, 6.45) is -2.30. The molecular formula is C13H18F2N2O2. The number of carbonyl (C=O) groups is 1. The quantitative estimate of drug-likeness (QED) is 0.829. The predicted octanol–water partition coefficient (Wildman–Crippen LogP) is 1.78. The smallest absolute Gasteiger partial charge is 0.270 e. The number of carbonyl (C=O) groups excluding carboxylic acids is 1. The lowest BCUT2D eigenvalue weighted by atomic mass is 10.1. The molecule has 0 aliphatic rings. The first-order valence-electron chi connectivity index (χ1n) is 6.21. The molecule has 19 heavy (non-hydrogen) atoms. The monoisotopic (exact) mass is 272 g/mol. The number of hydrogen-bond donors (Lipinski definition) is 2. The minimum Gasteiger partial charge on any atom is -0.385 e. The Balaban J connectivity index is 2.76. The highest BCUT2D eigenvalue weighted by Gasteiger charge is 2.28. The van der Waals surface area contributed by atoms with Gasteiger partial charge in [-0.1, -0.05) is 13.8 Å². The number of pyridine rings is 1. The van der Waals surface area contributed by atoms with Crippen LogP contribution < -0.4 is 5.32 Å². The number of aliphatic hydroxyl groups is 1. The molecule has 0 spiro atoms. The van der Waals surface area contributed by atoms with Crippen molar-refractivity contribution in [2.24, 2.45) is 0 Å². The van der Waals surface area contributed by atoms with Crippen LogP contribution in [0.25, 0.3) is 0 Å². The van der Waals surface area contributed by atoms with Gasteiger partial charge in [-0.25, -0.2) is 8.78 Å². The Labute approximate surface area is 110 Å². The van der Waals surface area contributed by atoms with Gasteiger partial charge in [0.25, 0.3) is 12.3 Å². The van der Waals surface area contributed by atoms with Crippen molar-refractivity contribution in [1.82, 2.24) is 10.3 Å². The number of aromatic nitrogens is 1. The molecule has 0 fully saturated rings. The molecule has 0 aromatic carbocycles. The fourth-order valence-electron chi connectivity index (χ4n) is 1.67. The maximum atomic E-state index is 12.4. The Kier molecular flexibility index (Phi) is 5.82. The number of halogens is 2. The molecule has 4 nitrogen and oxygen atoms in total. The number of nitrogens with one attached hydrogen (secondary N) is 1. The highest BCUT2D eigenvalue weighted by Crippen LogP contribution is 2.10. The molecule has 2 atom stereocenters. The van der Waals surface area contributed by atoms with Gasteiger partial charge < -0.3 is 10.4 Å². The normalized spacial score (nSPS) is 14.2. The molecule has 0 aliphatic heterocycles. The summed E-state index contributed by atoms with van der Waals surface area (Å²) in [6, 6.07) is 2.40. The van der Waals surface area contributed by atoms with Crippen molar-refractivity contribution in [1.29, 1.82) is 0 Å². The van der Waals surface area contributed by atoms with Gasteiger partial charge in [-0.05, 0) is 30.5 Å². The number of aliphatic hydroxyl groups excluding tert-OH is 1. The topological polar surface area (TPSA) is 62.2 Å². The predicted molar refractivity (Wildman–Crippen MR) is 67.2 cm³/mol. The average Bonchev–Trinajstić information content (AvgIpc) is 2.43. The third-order valence-corrected chi connectivity index (χ3v) is 2.89. The van der Waals surface area contributed by atoms with E-state index in [9.17, 15) is 18.7 Å². The van der Waals surface area contributed by atoms with Gasteiger partial charge in [-0.15, -0.1) is 0 Å². The molecule has 1 amide bonds. The second-order valence-corrected chi connectivity index (χ2v) is 4.22. The molecule has 0 saturated carbocycles. The zero-order chi connectivity index (χ0) is 14.4. The van der Waals surface area contributed by atoms with Crippen LogP contribution in [0.3, 0.4) is 0 Å². The lowest BCUT2D eigenvalue weighted by Crippen LogP contribution is -2.46. The van der Waals surface area contributed by atoms with Crippen LogP contribution in [0.4, 0.5) is 8.78 Å². The summed E-state index contributed by atoms with van der Waals surface area (Å²) in [6.45, 7) is 3.55. The average molecular weight is 272 g/mol. The lowest BCUT2D eigenvalue weighted by Gasteiger charge is -2.22. The first-order valence-corrected chi connectivity index (χ1v) is 6.21. The third-order valence-electron chi connectivity index (χ3n) is 2.89. The first kappa shape index (κ1) is 15.5. The SMILES string of the molecule is CCc1ccnc(C(=O)NC(CC)C(O)C(F)F)c1. The Morgan fingerprint density at radius 2 is 2.16 bits per heavy atom. The molecule has 2 unspecified atom stereocenters. The zero-order valence-corrected chi connectivity index (χ0v) is 10.9. The first-order chi connectivity index (χ1) is 8.99. The molecule has 6 heteroatoms. The molecule has 0 radical (unpaired) electrons. The van der Waals surface area contributed by atoms with Crippen molar-refractivity contribution in [2.75, 3.05) is 0 Å². The molecule has 0 bridgehead atoms. The summed E-state index contributed by atoms with van der Waals surface area (Å²) in [5, 5.41) is 11.7. The Hall–Kier alpha value is -1.56. The standard InChI is InChI=1S/C13H18F2N2O2/c1-3-8-5-6-16-10(7-8)13(19)17-9(4-2)11(18)12(14)15/h5-7,9,11-12,18H,3-4H2,1-2H3,(H,17,19). The Bertz CT molecular complexity index is 427. The van der Waals surface area contributed by atoms with Crippen LogP contribution in [0, 0.1) is 0 Å². The van der Waals surface area contributed by atoms with E-state index in [1.807, 2.05) is 6.92 Å². The molecule has 1 heterocycles. The second-order valence-electron chi connectivity index (χ2n) is 4.22. The third kappa shape index (κ3) is 4.24. The highest BCUT2D eigenvalue weighted by atomic mass is 19.3. The second kappa shape index (κ2) is 7.13. The molecule has 1 aromatic rings. The van der Waals surface area contributed by atoms with Crippen molar-refractivity contribution in [3.63, 3.8) is 0 Å². The molecule has 1 rings (SSSR count). The van der Waals surface area contributed by atoms with E-state index < -0.39 is 24.5 Å². The van der Waals surface area contributed by atoms with Gasteiger partial charge in [0.2, 0.25) is 0 Å². The molecule has 0 aliphatic carbocycles. The fraction of sp³-hybridized carbons (Fsp3) is 0.538. The number of amides is 1. The van der Waals surface area contributed by atoms with Crippen LogP contribution in [0.15, 0.2) is 18.3 Å². The minimum absolute atomic E-state index is 0.166. The number of hydrogen-bond acceptors (Lipinski definition) is 3. The molecule has 0 saturated heterocycles. The van der Waals surface area contributed by atoms with E-state index in [0.717, 1.165) is 12.0 Å². The summed E-state index contributed by atoms with van der Waals surface area (Å²) in [5.41, 5.74) is 1.10. The maximum absolute atomic E-state index is 12.4.